The summed E-state index contributed by atoms with van der Waals surface area (Å²) in [5.41, 5.74) is 2.39. The standard InChI is InChI=1S/C19H18N2O3S/c1-3-24-16-10-13(8-9-15(16)22)11-17-18(23)21(19(20)25-17)14-7-5-4-6-12(14)2/h4-11,20,22H,3H2,1-2H3/b17-11-,20-19?. The molecular weight excluding hydrogens is 336 g/mol. The first-order valence-corrected chi connectivity index (χ1v) is 8.67. The smallest absolute Gasteiger partial charge is 0.271 e. The van der Waals surface area contributed by atoms with Gasteiger partial charge in [0.05, 0.1) is 17.2 Å². The number of rotatable bonds is 4. The topological polar surface area (TPSA) is 73.6 Å². The van der Waals surface area contributed by atoms with E-state index in [0.717, 1.165) is 22.9 Å². The number of carbonyl (C=O) groups is 1. The van der Waals surface area contributed by atoms with E-state index in [9.17, 15) is 9.90 Å². The van der Waals surface area contributed by atoms with Crippen LogP contribution in [0.4, 0.5) is 5.69 Å². The zero-order valence-corrected chi connectivity index (χ0v) is 14.8. The van der Waals surface area contributed by atoms with Crippen molar-refractivity contribution in [3.63, 3.8) is 0 Å². The van der Waals surface area contributed by atoms with Gasteiger partial charge in [0.25, 0.3) is 5.91 Å². The Morgan fingerprint density at radius 2 is 2.04 bits per heavy atom. The van der Waals surface area contributed by atoms with E-state index in [0.29, 0.717) is 22.9 Å². The minimum Gasteiger partial charge on any atom is -0.504 e. The number of aryl methyl sites for hydroxylation is 1. The maximum Gasteiger partial charge on any atom is 0.271 e. The van der Waals surface area contributed by atoms with E-state index in [2.05, 4.69) is 0 Å². The van der Waals surface area contributed by atoms with Crippen LogP contribution in [0.25, 0.3) is 6.08 Å². The predicted molar refractivity (Wildman–Crippen MR) is 101 cm³/mol. The lowest BCUT2D eigenvalue weighted by atomic mass is 10.1. The Morgan fingerprint density at radius 3 is 2.76 bits per heavy atom. The minimum absolute atomic E-state index is 0.0590. The summed E-state index contributed by atoms with van der Waals surface area (Å²) >= 11 is 1.12. The van der Waals surface area contributed by atoms with Crippen LogP contribution in [0.2, 0.25) is 0 Å². The number of thioether (sulfide) groups is 1. The molecule has 1 heterocycles. The molecule has 25 heavy (non-hydrogen) atoms. The number of hydrogen-bond donors (Lipinski definition) is 2. The van der Waals surface area contributed by atoms with Crippen molar-refractivity contribution in [3.05, 3.63) is 58.5 Å². The van der Waals surface area contributed by atoms with Crippen LogP contribution in [-0.2, 0) is 4.79 Å². The van der Waals surface area contributed by atoms with Gasteiger partial charge in [-0.25, -0.2) is 0 Å². The molecule has 0 aromatic heterocycles. The number of anilines is 1. The molecule has 1 fully saturated rings. The van der Waals surface area contributed by atoms with Crippen molar-refractivity contribution in [1.29, 1.82) is 5.41 Å². The van der Waals surface area contributed by atoms with Gasteiger partial charge in [0.15, 0.2) is 16.7 Å². The molecule has 0 saturated carbocycles. The predicted octanol–water partition coefficient (Wildman–Crippen LogP) is 4.15. The van der Waals surface area contributed by atoms with Crippen LogP contribution in [0.5, 0.6) is 11.5 Å². The van der Waals surface area contributed by atoms with Crippen molar-refractivity contribution in [2.24, 2.45) is 0 Å². The van der Waals surface area contributed by atoms with Gasteiger partial charge >= 0.3 is 0 Å². The summed E-state index contributed by atoms with van der Waals surface area (Å²) in [6.07, 6.45) is 1.71. The number of para-hydroxylation sites is 1. The molecule has 0 unspecified atom stereocenters. The first-order chi connectivity index (χ1) is 12.0. The lowest BCUT2D eigenvalue weighted by Gasteiger charge is -2.16. The van der Waals surface area contributed by atoms with Crippen molar-refractivity contribution < 1.29 is 14.6 Å². The van der Waals surface area contributed by atoms with Crippen molar-refractivity contribution >= 4 is 34.6 Å². The molecule has 6 heteroatoms. The van der Waals surface area contributed by atoms with Crippen LogP contribution in [0.3, 0.4) is 0 Å². The average Bonchev–Trinajstić information content (AvgIpc) is 2.85. The van der Waals surface area contributed by atoms with Crippen LogP contribution >= 0.6 is 11.8 Å². The number of amidine groups is 1. The molecule has 2 N–H and O–H groups in total. The molecule has 1 amide bonds. The molecule has 0 atom stereocenters. The molecule has 2 aromatic rings. The Kier molecular flexibility index (Phi) is 4.81. The maximum atomic E-state index is 12.8. The third-order valence-electron chi connectivity index (χ3n) is 3.76. The van der Waals surface area contributed by atoms with Crippen LogP contribution in [0.15, 0.2) is 47.4 Å². The second-order valence-electron chi connectivity index (χ2n) is 5.50. The van der Waals surface area contributed by atoms with Crippen LogP contribution in [0.1, 0.15) is 18.1 Å². The number of ether oxygens (including phenoxy) is 1. The fourth-order valence-corrected chi connectivity index (χ4v) is 3.42. The summed E-state index contributed by atoms with van der Waals surface area (Å²) in [6, 6.07) is 12.4. The normalized spacial score (nSPS) is 15.9. The molecule has 0 spiro atoms. The summed E-state index contributed by atoms with van der Waals surface area (Å²) in [5, 5.41) is 18.1. The molecule has 1 aliphatic heterocycles. The quantitative estimate of drug-likeness (QED) is 0.809. The van der Waals surface area contributed by atoms with Crippen LogP contribution in [0, 0.1) is 12.3 Å². The third-order valence-corrected chi connectivity index (χ3v) is 4.65. The molecule has 2 aromatic carbocycles. The number of hydrogen-bond acceptors (Lipinski definition) is 5. The van der Waals surface area contributed by atoms with Crippen LogP contribution in [-0.4, -0.2) is 22.8 Å². The Morgan fingerprint density at radius 1 is 1.28 bits per heavy atom. The summed E-state index contributed by atoms with van der Waals surface area (Å²) in [4.78, 5) is 14.6. The highest BCUT2D eigenvalue weighted by atomic mass is 32.2. The molecule has 0 bridgehead atoms. The fourth-order valence-electron chi connectivity index (χ4n) is 2.56. The highest BCUT2D eigenvalue weighted by molar-refractivity contribution is 8.19. The Hall–Kier alpha value is -2.73. The molecule has 1 saturated heterocycles. The van der Waals surface area contributed by atoms with E-state index in [1.54, 1.807) is 18.2 Å². The van der Waals surface area contributed by atoms with Gasteiger partial charge in [0.2, 0.25) is 0 Å². The number of phenolic OH excluding ortho intramolecular Hbond substituents is 1. The maximum absolute atomic E-state index is 12.8. The first kappa shape index (κ1) is 17.1. The monoisotopic (exact) mass is 354 g/mol. The average molecular weight is 354 g/mol. The lowest BCUT2D eigenvalue weighted by molar-refractivity contribution is -0.113. The number of carbonyl (C=O) groups excluding carboxylic acids is 1. The summed E-state index contributed by atoms with van der Waals surface area (Å²) < 4.78 is 5.37. The number of nitrogens with one attached hydrogen (secondary N) is 1. The van der Waals surface area contributed by atoms with Crippen LogP contribution < -0.4 is 9.64 Å². The lowest BCUT2D eigenvalue weighted by Crippen LogP contribution is -2.28. The van der Waals surface area contributed by atoms with E-state index >= 15 is 0 Å². The molecule has 5 nitrogen and oxygen atoms in total. The molecule has 0 radical (unpaired) electrons. The molecule has 128 valence electrons. The van der Waals surface area contributed by atoms with Gasteiger partial charge in [-0.05, 0) is 61.0 Å². The third kappa shape index (κ3) is 3.39. The van der Waals surface area contributed by atoms with Crippen molar-refractivity contribution in [2.75, 3.05) is 11.5 Å². The van der Waals surface area contributed by atoms with Gasteiger partial charge in [-0.1, -0.05) is 24.3 Å². The molecule has 0 aliphatic carbocycles. The van der Waals surface area contributed by atoms with E-state index in [1.807, 2.05) is 38.1 Å². The fraction of sp³-hybridized carbons (Fsp3) is 0.158. The number of phenols is 1. The highest BCUT2D eigenvalue weighted by Crippen LogP contribution is 2.37. The first-order valence-electron chi connectivity index (χ1n) is 7.85. The van der Waals surface area contributed by atoms with E-state index < -0.39 is 0 Å². The van der Waals surface area contributed by atoms with Gasteiger partial charge in [0.1, 0.15) is 0 Å². The Bertz CT molecular complexity index is 877. The van der Waals surface area contributed by atoms with Crippen molar-refractivity contribution in [2.45, 2.75) is 13.8 Å². The number of benzene rings is 2. The van der Waals surface area contributed by atoms with E-state index in [1.165, 1.54) is 11.0 Å². The van der Waals surface area contributed by atoms with Gasteiger partial charge in [-0.2, -0.15) is 0 Å². The number of amides is 1. The zero-order valence-electron chi connectivity index (χ0n) is 13.9. The highest BCUT2D eigenvalue weighted by Gasteiger charge is 2.34. The van der Waals surface area contributed by atoms with E-state index in [4.69, 9.17) is 10.1 Å². The molecular formula is C19H18N2O3S. The largest absolute Gasteiger partial charge is 0.504 e. The number of aromatic hydroxyl groups is 1. The summed E-state index contributed by atoms with van der Waals surface area (Å²) in [5.74, 6) is 0.206. The second-order valence-corrected chi connectivity index (χ2v) is 6.53. The Labute approximate surface area is 150 Å². The van der Waals surface area contributed by atoms with Gasteiger partial charge in [0, 0.05) is 0 Å². The SMILES string of the molecule is CCOc1cc(/C=C2\SC(=N)N(c3ccccc3C)C2=O)ccc1O. The van der Waals surface area contributed by atoms with Gasteiger partial charge < -0.3 is 9.84 Å². The second kappa shape index (κ2) is 7.03. The Balaban J connectivity index is 1.93. The van der Waals surface area contributed by atoms with Gasteiger partial charge in [-0.15, -0.1) is 0 Å². The summed E-state index contributed by atoms with van der Waals surface area (Å²) in [6.45, 7) is 4.19. The summed E-state index contributed by atoms with van der Waals surface area (Å²) in [7, 11) is 0. The molecule has 3 rings (SSSR count). The number of nitrogens with zero attached hydrogens (tertiary/aromatic N) is 1. The van der Waals surface area contributed by atoms with Crippen molar-refractivity contribution in [3.8, 4) is 11.5 Å². The van der Waals surface area contributed by atoms with Gasteiger partial charge in [-0.3, -0.25) is 15.1 Å². The van der Waals surface area contributed by atoms with Crippen molar-refractivity contribution in [1.82, 2.24) is 0 Å². The zero-order chi connectivity index (χ0) is 18.0. The minimum atomic E-state index is -0.227. The van der Waals surface area contributed by atoms with E-state index in [-0.39, 0.29) is 16.8 Å². The molecule has 1 aliphatic rings.